The lowest BCUT2D eigenvalue weighted by Crippen LogP contribution is -2.42. The summed E-state index contributed by atoms with van der Waals surface area (Å²) in [4.78, 5) is 25.7. The molecule has 2 fully saturated rings. The van der Waals surface area contributed by atoms with Gasteiger partial charge in [-0.3, -0.25) is 9.78 Å². The Labute approximate surface area is 244 Å². The van der Waals surface area contributed by atoms with Crippen molar-refractivity contribution in [2.45, 2.75) is 84.0 Å². The SMILES string of the molecule is CC.CC1(C2CCNCC2)c2ncc(Br)cc2CCc2cc(Cl)cc(Br)c21.O=CCC1CCC(=O)CC1. The van der Waals surface area contributed by atoms with Gasteiger partial charge in [-0.15, -0.1) is 0 Å². The number of nitrogens with zero attached hydrogens (tertiary/aromatic N) is 1. The number of aldehydes is 1. The van der Waals surface area contributed by atoms with E-state index in [1.807, 2.05) is 26.1 Å². The molecule has 1 atom stereocenters. The van der Waals surface area contributed by atoms with E-state index in [1.165, 1.54) is 35.2 Å². The number of carbonyl (C=O) groups excluding carboxylic acids is 2. The molecule has 1 aromatic heterocycles. The first-order chi connectivity index (χ1) is 17.8. The molecule has 1 N–H and O–H groups in total. The molecule has 1 unspecified atom stereocenters. The number of hydrogen-bond acceptors (Lipinski definition) is 4. The van der Waals surface area contributed by atoms with Gasteiger partial charge in [0.25, 0.3) is 0 Å². The van der Waals surface area contributed by atoms with Gasteiger partial charge in [0.2, 0.25) is 0 Å². The van der Waals surface area contributed by atoms with Crippen molar-refractivity contribution in [3.05, 3.63) is 60.7 Å². The van der Waals surface area contributed by atoms with E-state index in [2.05, 4.69) is 56.2 Å². The maximum absolute atomic E-state index is 10.7. The van der Waals surface area contributed by atoms with Crippen LogP contribution in [0.2, 0.25) is 5.02 Å². The van der Waals surface area contributed by atoms with Crippen LogP contribution in [-0.2, 0) is 27.8 Å². The van der Waals surface area contributed by atoms with Crippen molar-refractivity contribution < 1.29 is 9.59 Å². The summed E-state index contributed by atoms with van der Waals surface area (Å²) < 4.78 is 2.18. The molecule has 2 aromatic rings. The highest BCUT2D eigenvalue weighted by molar-refractivity contribution is 9.10. The number of hydrogen-bond donors (Lipinski definition) is 1. The van der Waals surface area contributed by atoms with Crippen LogP contribution < -0.4 is 5.32 Å². The van der Waals surface area contributed by atoms with E-state index >= 15 is 0 Å². The molecule has 2 heterocycles. The highest BCUT2D eigenvalue weighted by Gasteiger charge is 2.44. The standard InChI is InChI=1S/C20H21Br2ClN2.C8H12O2.C2H6/c1-20(14-4-6-24-7-5-14)18-12(9-16(23)10-17(18)22)2-3-13-8-15(21)11-25-19(13)20;9-6-5-7-1-3-8(10)4-2-7;1-2/h8-11,14,24H,2-7H2,1H3;6-7H,1-5H2;1-2H3. The lowest BCUT2D eigenvalue weighted by atomic mass is 9.65. The van der Waals surface area contributed by atoms with Crippen LogP contribution in [0.4, 0.5) is 0 Å². The number of aromatic nitrogens is 1. The zero-order valence-corrected chi connectivity index (χ0v) is 26.1. The zero-order chi connectivity index (χ0) is 27.0. The molecule has 0 amide bonds. The molecular formula is C30H39Br2ClN2O2. The molecular weight excluding hydrogens is 616 g/mol. The third-order valence-corrected chi connectivity index (χ3v) is 9.27. The second-order valence-electron chi connectivity index (χ2n) is 10.2. The highest BCUT2D eigenvalue weighted by Crippen LogP contribution is 2.50. The monoisotopic (exact) mass is 652 g/mol. The van der Waals surface area contributed by atoms with Gasteiger partial charge in [0.05, 0.1) is 5.69 Å². The minimum atomic E-state index is -0.104. The molecule has 0 radical (unpaired) electrons. The van der Waals surface area contributed by atoms with Gasteiger partial charge < -0.3 is 10.1 Å². The van der Waals surface area contributed by atoms with Crippen LogP contribution in [-0.4, -0.2) is 30.1 Å². The summed E-state index contributed by atoms with van der Waals surface area (Å²) >= 11 is 13.8. The van der Waals surface area contributed by atoms with Gasteiger partial charge >= 0.3 is 0 Å². The Hall–Kier alpha value is -1.08. The van der Waals surface area contributed by atoms with Gasteiger partial charge in [0, 0.05) is 44.8 Å². The lowest BCUT2D eigenvalue weighted by Gasteiger charge is -2.42. The predicted octanol–water partition coefficient (Wildman–Crippen LogP) is 8.03. The Morgan fingerprint density at radius 1 is 1.03 bits per heavy atom. The Morgan fingerprint density at radius 3 is 2.32 bits per heavy atom. The molecule has 1 saturated heterocycles. The van der Waals surface area contributed by atoms with Crippen LogP contribution in [0.3, 0.4) is 0 Å². The Kier molecular flexibility index (Phi) is 11.8. The minimum absolute atomic E-state index is 0.104. The summed E-state index contributed by atoms with van der Waals surface area (Å²) in [5.41, 5.74) is 5.24. The fourth-order valence-electron chi connectivity index (χ4n) is 6.10. The van der Waals surface area contributed by atoms with Gasteiger partial charge in [0.1, 0.15) is 12.1 Å². The van der Waals surface area contributed by atoms with Gasteiger partial charge in [-0.1, -0.05) is 41.4 Å². The van der Waals surface area contributed by atoms with Crippen molar-refractivity contribution in [3.8, 4) is 0 Å². The van der Waals surface area contributed by atoms with Crippen molar-refractivity contribution in [2.24, 2.45) is 11.8 Å². The number of halogens is 3. The maximum atomic E-state index is 10.7. The second-order valence-corrected chi connectivity index (χ2v) is 12.4. The average Bonchev–Trinajstić information content (AvgIpc) is 3.02. The molecule has 7 heteroatoms. The van der Waals surface area contributed by atoms with E-state index in [-0.39, 0.29) is 5.41 Å². The normalized spacial score (nSPS) is 21.8. The van der Waals surface area contributed by atoms with Crippen molar-refractivity contribution in [1.82, 2.24) is 10.3 Å². The number of carbonyl (C=O) groups is 2. The van der Waals surface area contributed by atoms with Crippen molar-refractivity contribution in [1.29, 1.82) is 0 Å². The van der Waals surface area contributed by atoms with Crippen LogP contribution in [0, 0.1) is 11.8 Å². The molecule has 2 aliphatic carbocycles. The van der Waals surface area contributed by atoms with Gasteiger partial charge in [0.15, 0.2) is 0 Å². The van der Waals surface area contributed by atoms with Crippen LogP contribution in [0.15, 0.2) is 33.3 Å². The van der Waals surface area contributed by atoms with Crippen LogP contribution in [0.5, 0.6) is 0 Å². The van der Waals surface area contributed by atoms with Crippen molar-refractivity contribution in [3.63, 3.8) is 0 Å². The lowest BCUT2D eigenvalue weighted by molar-refractivity contribution is -0.121. The molecule has 3 aliphatic rings. The van der Waals surface area contributed by atoms with Gasteiger partial charge in [-0.25, -0.2) is 0 Å². The van der Waals surface area contributed by atoms with Gasteiger partial charge in [-0.05, 0) is 121 Å². The molecule has 37 heavy (non-hydrogen) atoms. The second kappa shape index (κ2) is 14.3. The first-order valence-corrected chi connectivity index (χ1v) is 15.6. The van der Waals surface area contributed by atoms with E-state index in [1.54, 1.807) is 0 Å². The minimum Gasteiger partial charge on any atom is -0.317 e. The molecule has 1 aromatic carbocycles. The smallest absolute Gasteiger partial charge is 0.132 e. The number of aryl methyl sites for hydroxylation is 2. The Bertz CT molecular complexity index is 1080. The molecule has 0 spiro atoms. The summed E-state index contributed by atoms with van der Waals surface area (Å²) in [5, 5.41) is 4.31. The number of Topliss-reactive ketones (excluding diaryl/α,β-unsaturated/α-hetero) is 1. The number of rotatable bonds is 3. The number of fused-ring (bicyclic) bond motifs is 2. The Morgan fingerprint density at radius 2 is 1.68 bits per heavy atom. The molecule has 0 bridgehead atoms. The van der Waals surface area contributed by atoms with Crippen molar-refractivity contribution >= 4 is 55.5 Å². The molecule has 202 valence electrons. The summed E-state index contributed by atoms with van der Waals surface area (Å²) in [5.74, 6) is 1.42. The van der Waals surface area contributed by atoms with Gasteiger partial charge in [-0.2, -0.15) is 0 Å². The maximum Gasteiger partial charge on any atom is 0.132 e. The van der Waals surface area contributed by atoms with E-state index < -0.39 is 0 Å². The first kappa shape index (κ1) is 30.5. The molecule has 1 saturated carbocycles. The zero-order valence-electron chi connectivity index (χ0n) is 22.2. The quantitative estimate of drug-likeness (QED) is 0.341. The number of ketones is 1. The number of nitrogens with one attached hydrogen (secondary N) is 1. The predicted molar refractivity (Wildman–Crippen MR) is 160 cm³/mol. The summed E-state index contributed by atoms with van der Waals surface area (Å²) in [6, 6.07) is 6.45. The van der Waals surface area contributed by atoms with E-state index in [0.717, 1.165) is 59.0 Å². The Balaban J connectivity index is 0.000000266. The number of piperidine rings is 1. The summed E-state index contributed by atoms with van der Waals surface area (Å²) in [6.45, 7) is 8.55. The van der Waals surface area contributed by atoms with Crippen LogP contribution in [0.1, 0.15) is 88.1 Å². The third-order valence-electron chi connectivity index (χ3n) is 7.99. The number of benzene rings is 1. The molecule has 4 nitrogen and oxygen atoms in total. The largest absolute Gasteiger partial charge is 0.317 e. The fraction of sp³-hybridized carbons (Fsp3) is 0.567. The van der Waals surface area contributed by atoms with Crippen molar-refractivity contribution in [2.75, 3.05) is 13.1 Å². The molecule has 1 aliphatic heterocycles. The van der Waals surface area contributed by atoms with Crippen LogP contribution in [0.25, 0.3) is 0 Å². The first-order valence-electron chi connectivity index (χ1n) is 13.6. The number of pyridine rings is 1. The van der Waals surface area contributed by atoms with E-state index in [0.29, 0.717) is 36.9 Å². The van der Waals surface area contributed by atoms with E-state index in [4.69, 9.17) is 16.6 Å². The average molecular weight is 655 g/mol. The molecule has 5 rings (SSSR count). The third kappa shape index (κ3) is 7.32. The topological polar surface area (TPSA) is 59.1 Å². The highest BCUT2D eigenvalue weighted by atomic mass is 79.9. The summed E-state index contributed by atoms with van der Waals surface area (Å²) in [7, 11) is 0. The summed E-state index contributed by atoms with van der Waals surface area (Å²) in [6.07, 6.45) is 11.1. The fourth-order valence-corrected chi connectivity index (χ4v) is 7.77. The van der Waals surface area contributed by atoms with E-state index in [9.17, 15) is 9.59 Å². The van der Waals surface area contributed by atoms with Crippen LogP contribution >= 0.6 is 43.5 Å².